The van der Waals surface area contributed by atoms with Gasteiger partial charge in [0.15, 0.2) is 0 Å². The zero-order chi connectivity index (χ0) is 13.0. The van der Waals surface area contributed by atoms with Crippen LogP contribution in [0.5, 0.6) is 0 Å². The highest BCUT2D eigenvalue weighted by molar-refractivity contribution is 9.10. The summed E-state index contributed by atoms with van der Waals surface area (Å²) >= 11 is 3.38. The van der Waals surface area contributed by atoms with Crippen LogP contribution < -0.4 is 5.32 Å². The lowest BCUT2D eigenvalue weighted by Gasteiger charge is -2.15. The fraction of sp³-hybridized carbons (Fsp3) is 0.308. The highest BCUT2D eigenvalue weighted by Gasteiger charge is 2.12. The van der Waals surface area contributed by atoms with Gasteiger partial charge in [0.2, 0.25) is 0 Å². The second kappa shape index (κ2) is 6.02. The van der Waals surface area contributed by atoms with Crippen molar-refractivity contribution in [2.45, 2.75) is 19.4 Å². The summed E-state index contributed by atoms with van der Waals surface area (Å²) in [5, 5.41) is 3.27. The van der Waals surface area contributed by atoms with Crippen molar-refractivity contribution in [1.29, 1.82) is 0 Å². The number of rotatable bonds is 4. The fourth-order valence-electron chi connectivity index (χ4n) is 1.76. The SMILES string of the molecule is CNC(Cc1ccc(Br)cn1)c1ccnc(C)n1. The number of hydrogen-bond donors (Lipinski definition) is 1. The smallest absolute Gasteiger partial charge is 0.125 e. The third-order valence-corrected chi connectivity index (χ3v) is 3.17. The first-order valence-corrected chi connectivity index (χ1v) is 6.55. The van der Waals surface area contributed by atoms with Gasteiger partial charge in [-0.3, -0.25) is 4.98 Å². The van der Waals surface area contributed by atoms with E-state index in [4.69, 9.17) is 0 Å². The maximum atomic E-state index is 4.45. The van der Waals surface area contributed by atoms with E-state index in [1.165, 1.54) is 0 Å². The van der Waals surface area contributed by atoms with Gasteiger partial charge in [-0.05, 0) is 48.1 Å². The molecule has 4 nitrogen and oxygen atoms in total. The summed E-state index contributed by atoms with van der Waals surface area (Å²) in [6.07, 6.45) is 4.41. The van der Waals surface area contributed by atoms with Gasteiger partial charge in [-0.1, -0.05) is 0 Å². The first kappa shape index (κ1) is 13.1. The van der Waals surface area contributed by atoms with Crippen LogP contribution in [0.15, 0.2) is 35.1 Å². The van der Waals surface area contributed by atoms with E-state index in [2.05, 4.69) is 36.2 Å². The molecule has 0 saturated carbocycles. The van der Waals surface area contributed by atoms with Crippen molar-refractivity contribution < 1.29 is 0 Å². The molecule has 0 aliphatic rings. The molecule has 1 N–H and O–H groups in total. The summed E-state index contributed by atoms with van der Waals surface area (Å²) < 4.78 is 0.991. The Bertz CT molecular complexity index is 513. The van der Waals surface area contributed by atoms with Gasteiger partial charge in [0, 0.05) is 29.0 Å². The highest BCUT2D eigenvalue weighted by atomic mass is 79.9. The monoisotopic (exact) mass is 306 g/mol. The van der Waals surface area contributed by atoms with Gasteiger partial charge in [0.25, 0.3) is 0 Å². The molecule has 1 atom stereocenters. The second-order valence-corrected chi connectivity index (χ2v) is 4.96. The van der Waals surface area contributed by atoms with Gasteiger partial charge < -0.3 is 5.32 Å². The van der Waals surface area contributed by atoms with Crippen molar-refractivity contribution in [3.05, 3.63) is 52.3 Å². The maximum Gasteiger partial charge on any atom is 0.125 e. The van der Waals surface area contributed by atoms with Crippen molar-refractivity contribution >= 4 is 15.9 Å². The summed E-state index contributed by atoms with van der Waals surface area (Å²) in [6.45, 7) is 1.90. The van der Waals surface area contributed by atoms with Crippen molar-refractivity contribution in [2.75, 3.05) is 7.05 Å². The molecule has 0 aromatic carbocycles. The Balaban J connectivity index is 2.17. The normalized spacial score (nSPS) is 12.4. The quantitative estimate of drug-likeness (QED) is 0.942. The Labute approximate surface area is 115 Å². The molecule has 0 aliphatic carbocycles. The minimum Gasteiger partial charge on any atom is -0.311 e. The molecule has 0 spiro atoms. The number of nitrogens with one attached hydrogen (secondary N) is 1. The minimum absolute atomic E-state index is 0.153. The highest BCUT2D eigenvalue weighted by Crippen LogP contribution is 2.16. The summed E-state index contributed by atoms with van der Waals surface area (Å²) in [6, 6.07) is 6.11. The molecular weight excluding hydrogens is 292 g/mol. The van der Waals surface area contributed by atoms with Crippen LogP contribution in [0.2, 0.25) is 0 Å². The average molecular weight is 307 g/mol. The molecule has 1 unspecified atom stereocenters. The number of nitrogens with zero attached hydrogens (tertiary/aromatic N) is 3. The van der Waals surface area contributed by atoms with Crippen LogP contribution >= 0.6 is 15.9 Å². The van der Waals surface area contributed by atoms with E-state index >= 15 is 0 Å². The lowest BCUT2D eigenvalue weighted by atomic mass is 10.1. The van der Waals surface area contributed by atoms with E-state index in [0.29, 0.717) is 0 Å². The van der Waals surface area contributed by atoms with Gasteiger partial charge >= 0.3 is 0 Å². The maximum absolute atomic E-state index is 4.45. The van der Waals surface area contributed by atoms with E-state index in [9.17, 15) is 0 Å². The van der Waals surface area contributed by atoms with Crippen LogP contribution in [-0.4, -0.2) is 22.0 Å². The number of pyridine rings is 1. The van der Waals surface area contributed by atoms with Gasteiger partial charge in [-0.2, -0.15) is 0 Å². The molecule has 2 aromatic heterocycles. The molecule has 0 amide bonds. The predicted molar refractivity (Wildman–Crippen MR) is 74.2 cm³/mol. The van der Waals surface area contributed by atoms with E-state index in [1.54, 1.807) is 6.20 Å². The van der Waals surface area contributed by atoms with Gasteiger partial charge in [0.05, 0.1) is 11.7 Å². The van der Waals surface area contributed by atoms with Crippen LogP contribution in [0.4, 0.5) is 0 Å². The van der Waals surface area contributed by atoms with E-state index in [0.717, 1.165) is 28.1 Å². The molecule has 2 aromatic rings. The van der Waals surface area contributed by atoms with E-state index < -0.39 is 0 Å². The van der Waals surface area contributed by atoms with Crippen LogP contribution in [0.25, 0.3) is 0 Å². The van der Waals surface area contributed by atoms with Crippen molar-refractivity contribution in [2.24, 2.45) is 0 Å². The summed E-state index contributed by atoms with van der Waals surface area (Å²) in [4.78, 5) is 12.9. The lowest BCUT2D eigenvalue weighted by Crippen LogP contribution is -2.21. The first-order valence-electron chi connectivity index (χ1n) is 5.76. The summed E-state index contributed by atoms with van der Waals surface area (Å²) in [5.41, 5.74) is 2.03. The van der Waals surface area contributed by atoms with Gasteiger partial charge in [-0.15, -0.1) is 0 Å². The second-order valence-electron chi connectivity index (χ2n) is 4.04. The van der Waals surface area contributed by atoms with Crippen molar-refractivity contribution in [3.8, 4) is 0 Å². The van der Waals surface area contributed by atoms with E-state index in [1.807, 2.05) is 38.4 Å². The van der Waals surface area contributed by atoms with Crippen LogP contribution in [0.1, 0.15) is 23.3 Å². The van der Waals surface area contributed by atoms with Crippen molar-refractivity contribution in [3.63, 3.8) is 0 Å². The Morgan fingerprint density at radius 3 is 2.72 bits per heavy atom. The molecule has 5 heteroatoms. The van der Waals surface area contributed by atoms with E-state index in [-0.39, 0.29) is 6.04 Å². The number of aryl methyl sites for hydroxylation is 1. The number of likely N-dealkylation sites (N-methyl/N-ethyl adjacent to an activating group) is 1. The van der Waals surface area contributed by atoms with Crippen LogP contribution in [-0.2, 0) is 6.42 Å². The molecule has 0 aliphatic heterocycles. The molecule has 18 heavy (non-hydrogen) atoms. The molecule has 0 radical (unpaired) electrons. The van der Waals surface area contributed by atoms with Gasteiger partial charge in [0.1, 0.15) is 5.82 Å². The average Bonchev–Trinajstić information content (AvgIpc) is 2.38. The standard InChI is InChI=1S/C13H15BrN4/c1-9-16-6-5-12(18-9)13(15-2)7-11-4-3-10(14)8-17-11/h3-6,8,13,15H,7H2,1-2H3. The Morgan fingerprint density at radius 2 is 2.11 bits per heavy atom. The molecular formula is C13H15BrN4. The molecule has 94 valence electrons. The Hall–Kier alpha value is -1.33. The molecule has 0 bridgehead atoms. The third-order valence-electron chi connectivity index (χ3n) is 2.70. The molecule has 2 heterocycles. The number of halogens is 1. The number of hydrogen-bond acceptors (Lipinski definition) is 4. The predicted octanol–water partition coefficient (Wildman–Crippen LogP) is 2.45. The molecule has 2 rings (SSSR count). The minimum atomic E-state index is 0.153. The Kier molecular flexibility index (Phi) is 4.38. The summed E-state index contributed by atoms with van der Waals surface area (Å²) in [5.74, 6) is 0.788. The third kappa shape index (κ3) is 3.34. The Morgan fingerprint density at radius 1 is 1.28 bits per heavy atom. The van der Waals surface area contributed by atoms with Crippen molar-refractivity contribution in [1.82, 2.24) is 20.3 Å². The van der Waals surface area contributed by atoms with Crippen LogP contribution in [0.3, 0.4) is 0 Å². The first-order chi connectivity index (χ1) is 8.69. The largest absolute Gasteiger partial charge is 0.311 e. The molecule has 0 fully saturated rings. The van der Waals surface area contributed by atoms with Gasteiger partial charge in [-0.25, -0.2) is 9.97 Å². The lowest BCUT2D eigenvalue weighted by molar-refractivity contribution is 0.565. The zero-order valence-corrected chi connectivity index (χ0v) is 12.0. The topological polar surface area (TPSA) is 50.7 Å². The summed E-state index contributed by atoms with van der Waals surface area (Å²) in [7, 11) is 1.93. The zero-order valence-electron chi connectivity index (χ0n) is 10.4. The van der Waals surface area contributed by atoms with Crippen LogP contribution in [0, 0.1) is 6.92 Å². The fourth-order valence-corrected chi connectivity index (χ4v) is 1.99. The molecule has 0 saturated heterocycles. The number of aromatic nitrogens is 3.